The van der Waals surface area contributed by atoms with Gasteiger partial charge in [-0.15, -0.1) is 0 Å². The van der Waals surface area contributed by atoms with Crippen molar-refractivity contribution in [2.75, 3.05) is 5.73 Å². The fourth-order valence-corrected chi connectivity index (χ4v) is 4.81. The summed E-state index contributed by atoms with van der Waals surface area (Å²) in [4.78, 5) is 0. The Morgan fingerprint density at radius 1 is 0.630 bits per heavy atom. The van der Waals surface area contributed by atoms with Gasteiger partial charge < -0.3 is 5.73 Å². The van der Waals surface area contributed by atoms with E-state index in [1.807, 2.05) is 6.07 Å². The molecular formula is C26H21N. The monoisotopic (exact) mass is 347 g/mol. The van der Waals surface area contributed by atoms with Gasteiger partial charge in [-0.1, -0.05) is 91.0 Å². The van der Waals surface area contributed by atoms with Crippen LogP contribution in [0.4, 0.5) is 5.69 Å². The first kappa shape index (κ1) is 15.9. The van der Waals surface area contributed by atoms with Crippen LogP contribution < -0.4 is 5.73 Å². The molecular weight excluding hydrogens is 326 g/mol. The van der Waals surface area contributed by atoms with Crippen molar-refractivity contribution in [3.8, 4) is 11.1 Å². The summed E-state index contributed by atoms with van der Waals surface area (Å²) in [6, 6.07) is 34.4. The second-order valence-corrected chi connectivity index (χ2v) is 7.25. The Morgan fingerprint density at radius 2 is 1.22 bits per heavy atom. The van der Waals surface area contributed by atoms with Crippen LogP contribution >= 0.6 is 0 Å². The van der Waals surface area contributed by atoms with Gasteiger partial charge in [-0.25, -0.2) is 0 Å². The maximum absolute atomic E-state index is 6.65. The first-order valence-electron chi connectivity index (χ1n) is 9.35. The average molecular weight is 347 g/mol. The molecule has 0 saturated heterocycles. The van der Waals surface area contributed by atoms with Crippen molar-refractivity contribution in [2.45, 2.75) is 12.3 Å². The minimum atomic E-state index is -0.398. The zero-order valence-electron chi connectivity index (χ0n) is 15.3. The maximum atomic E-state index is 6.65. The van der Waals surface area contributed by atoms with E-state index in [-0.39, 0.29) is 0 Å². The summed E-state index contributed by atoms with van der Waals surface area (Å²) in [6.45, 7) is 2.19. The molecule has 0 radical (unpaired) electrons. The van der Waals surface area contributed by atoms with Crippen LogP contribution in [0.15, 0.2) is 97.1 Å². The van der Waals surface area contributed by atoms with Crippen LogP contribution in [0.1, 0.15) is 27.8 Å². The molecule has 0 saturated carbocycles. The minimum Gasteiger partial charge on any atom is -0.398 e. The third-order valence-electron chi connectivity index (χ3n) is 5.83. The number of fused-ring (bicyclic) bond motifs is 3. The van der Waals surface area contributed by atoms with Crippen LogP contribution in [0.25, 0.3) is 11.1 Å². The molecule has 0 amide bonds. The highest BCUT2D eigenvalue weighted by molar-refractivity contribution is 5.91. The predicted molar refractivity (Wildman–Crippen MR) is 113 cm³/mol. The topological polar surface area (TPSA) is 26.0 Å². The van der Waals surface area contributed by atoms with Gasteiger partial charge in [-0.2, -0.15) is 0 Å². The van der Waals surface area contributed by atoms with Gasteiger partial charge >= 0.3 is 0 Å². The van der Waals surface area contributed by atoms with Gasteiger partial charge in [0.25, 0.3) is 0 Å². The fraction of sp³-hybridized carbons (Fsp3) is 0.0769. The molecule has 1 heteroatoms. The number of hydrogen-bond acceptors (Lipinski definition) is 1. The molecule has 4 aromatic carbocycles. The highest BCUT2D eigenvalue weighted by Gasteiger charge is 2.47. The van der Waals surface area contributed by atoms with E-state index in [0.29, 0.717) is 0 Å². The van der Waals surface area contributed by atoms with Crippen LogP contribution in [0.3, 0.4) is 0 Å². The van der Waals surface area contributed by atoms with Crippen molar-refractivity contribution >= 4 is 5.69 Å². The number of nitrogens with two attached hydrogens (primary N) is 1. The molecule has 2 N–H and O–H groups in total. The van der Waals surface area contributed by atoms with Crippen molar-refractivity contribution in [3.63, 3.8) is 0 Å². The highest BCUT2D eigenvalue weighted by atomic mass is 14.6. The van der Waals surface area contributed by atoms with Gasteiger partial charge in [-0.05, 0) is 46.4 Å². The summed E-state index contributed by atoms with van der Waals surface area (Å²) < 4.78 is 0. The lowest BCUT2D eigenvalue weighted by Gasteiger charge is -2.34. The lowest BCUT2D eigenvalue weighted by atomic mass is 9.67. The van der Waals surface area contributed by atoms with Gasteiger partial charge in [0.15, 0.2) is 0 Å². The molecule has 0 atom stereocenters. The van der Waals surface area contributed by atoms with Crippen molar-refractivity contribution in [1.82, 2.24) is 0 Å². The SMILES string of the molecule is Cc1cccc2c1-c1cccc(N)c1C2(c1ccccc1)c1ccccc1. The van der Waals surface area contributed by atoms with Gasteiger partial charge in [0.05, 0.1) is 5.41 Å². The Bertz CT molecular complexity index is 1090. The summed E-state index contributed by atoms with van der Waals surface area (Å²) in [7, 11) is 0. The van der Waals surface area contributed by atoms with E-state index in [2.05, 4.69) is 97.9 Å². The average Bonchev–Trinajstić information content (AvgIpc) is 3.03. The summed E-state index contributed by atoms with van der Waals surface area (Å²) in [5.74, 6) is 0. The molecule has 4 aromatic rings. The molecule has 27 heavy (non-hydrogen) atoms. The largest absolute Gasteiger partial charge is 0.398 e. The van der Waals surface area contributed by atoms with Crippen LogP contribution in [-0.2, 0) is 5.41 Å². The molecule has 1 aliphatic carbocycles. The van der Waals surface area contributed by atoms with Crippen LogP contribution in [0.2, 0.25) is 0 Å². The molecule has 5 rings (SSSR count). The Hall–Kier alpha value is -3.32. The van der Waals surface area contributed by atoms with E-state index < -0.39 is 5.41 Å². The summed E-state index contributed by atoms with van der Waals surface area (Å²) >= 11 is 0. The molecule has 0 bridgehead atoms. The lowest BCUT2D eigenvalue weighted by Crippen LogP contribution is -2.29. The van der Waals surface area contributed by atoms with Crippen LogP contribution in [0, 0.1) is 6.92 Å². The third-order valence-corrected chi connectivity index (χ3v) is 5.83. The molecule has 0 fully saturated rings. The Balaban J connectivity index is 2.03. The molecule has 1 aliphatic rings. The van der Waals surface area contributed by atoms with Gasteiger partial charge in [0.2, 0.25) is 0 Å². The normalized spacial score (nSPS) is 13.8. The zero-order valence-corrected chi connectivity index (χ0v) is 15.3. The molecule has 130 valence electrons. The van der Waals surface area contributed by atoms with Gasteiger partial charge in [-0.3, -0.25) is 0 Å². The van der Waals surface area contributed by atoms with Crippen molar-refractivity contribution in [3.05, 3.63) is 125 Å². The van der Waals surface area contributed by atoms with E-state index in [1.54, 1.807) is 0 Å². The number of aryl methyl sites for hydroxylation is 1. The maximum Gasteiger partial charge on any atom is 0.0733 e. The molecule has 0 spiro atoms. The van der Waals surface area contributed by atoms with E-state index in [1.165, 1.54) is 38.9 Å². The van der Waals surface area contributed by atoms with Gasteiger partial charge in [0, 0.05) is 11.3 Å². The number of nitrogen functional groups attached to an aromatic ring is 1. The summed E-state index contributed by atoms with van der Waals surface area (Å²) in [5, 5.41) is 0. The van der Waals surface area contributed by atoms with Crippen molar-refractivity contribution < 1.29 is 0 Å². The van der Waals surface area contributed by atoms with E-state index in [4.69, 9.17) is 5.73 Å². The van der Waals surface area contributed by atoms with Crippen LogP contribution in [0.5, 0.6) is 0 Å². The fourth-order valence-electron chi connectivity index (χ4n) is 4.81. The van der Waals surface area contributed by atoms with Crippen LogP contribution in [-0.4, -0.2) is 0 Å². The summed E-state index contributed by atoms with van der Waals surface area (Å²) in [6.07, 6.45) is 0. The predicted octanol–water partition coefficient (Wildman–Crippen LogP) is 5.94. The molecule has 1 nitrogen and oxygen atoms in total. The Morgan fingerprint density at radius 3 is 1.85 bits per heavy atom. The summed E-state index contributed by atoms with van der Waals surface area (Å²) in [5.41, 5.74) is 16.0. The Labute approximate surface area is 160 Å². The number of rotatable bonds is 2. The minimum absolute atomic E-state index is 0.398. The van der Waals surface area contributed by atoms with E-state index in [9.17, 15) is 0 Å². The standard InChI is InChI=1S/C26H21N/c1-18-10-8-16-22-24(18)21-15-9-17-23(27)25(21)26(22,19-11-4-2-5-12-19)20-13-6-3-7-14-20/h2-17H,27H2,1H3. The first-order chi connectivity index (χ1) is 13.2. The smallest absolute Gasteiger partial charge is 0.0733 e. The van der Waals surface area contributed by atoms with E-state index >= 15 is 0 Å². The zero-order chi connectivity index (χ0) is 18.4. The molecule has 0 aromatic heterocycles. The second-order valence-electron chi connectivity index (χ2n) is 7.25. The number of hydrogen-bond donors (Lipinski definition) is 1. The highest BCUT2D eigenvalue weighted by Crippen LogP contribution is 2.58. The first-order valence-corrected chi connectivity index (χ1v) is 9.35. The molecule has 0 aliphatic heterocycles. The van der Waals surface area contributed by atoms with Gasteiger partial charge in [0.1, 0.15) is 0 Å². The quantitative estimate of drug-likeness (QED) is 0.393. The second kappa shape index (κ2) is 5.85. The van der Waals surface area contributed by atoms with Crippen molar-refractivity contribution in [2.24, 2.45) is 0 Å². The van der Waals surface area contributed by atoms with Crippen molar-refractivity contribution in [1.29, 1.82) is 0 Å². The van der Waals surface area contributed by atoms with E-state index in [0.717, 1.165) is 5.69 Å². The third kappa shape index (κ3) is 2.06. The number of benzene rings is 4. The number of anilines is 1. The molecule has 0 heterocycles. The molecule has 0 unspecified atom stereocenters. The lowest BCUT2D eigenvalue weighted by molar-refractivity contribution is 0.770. The Kier molecular flexibility index (Phi) is 3.45.